The SMILES string of the molecule is COCC(=O)NCCC(C)OCCC(C)(C)OC(=O)NCCOP(=O)(O)OCC(COC(=O)C(C)(C)CC(C)C)OC(=O)C(C)(C)CC(C)(C)N. The molecule has 0 aliphatic heterocycles. The van der Waals surface area contributed by atoms with Gasteiger partial charge >= 0.3 is 25.9 Å². The van der Waals surface area contributed by atoms with Gasteiger partial charge in [0, 0.05) is 32.2 Å². The minimum Gasteiger partial charge on any atom is -0.461 e. The molecule has 0 aromatic carbocycles. The van der Waals surface area contributed by atoms with Crippen molar-refractivity contribution in [2.45, 2.75) is 125 Å². The molecule has 17 heteroatoms. The highest BCUT2D eigenvalue weighted by atomic mass is 31.2. The van der Waals surface area contributed by atoms with Gasteiger partial charge in [0.15, 0.2) is 6.10 Å². The molecule has 0 saturated carbocycles. The van der Waals surface area contributed by atoms with E-state index < -0.39 is 73.7 Å². The van der Waals surface area contributed by atoms with E-state index in [4.69, 9.17) is 38.5 Å². The Morgan fingerprint density at radius 2 is 1.47 bits per heavy atom. The summed E-state index contributed by atoms with van der Waals surface area (Å²) in [6.45, 7) is 18.7. The number of nitrogens with two attached hydrogens (primary N) is 1. The third-order valence-electron chi connectivity index (χ3n) is 7.27. The highest BCUT2D eigenvalue weighted by Crippen LogP contribution is 2.43. The highest BCUT2D eigenvalue weighted by Gasteiger charge is 2.38. The first-order chi connectivity index (χ1) is 23.2. The van der Waals surface area contributed by atoms with E-state index in [-0.39, 0.29) is 37.5 Å². The van der Waals surface area contributed by atoms with Gasteiger partial charge in [-0.3, -0.25) is 23.4 Å². The lowest BCUT2D eigenvalue weighted by molar-refractivity contribution is -0.173. The predicted octanol–water partition coefficient (Wildman–Crippen LogP) is 4.25. The van der Waals surface area contributed by atoms with Gasteiger partial charge in [0.1, 0.15) is 18.8 Å². The standard InChI is InChI=1S/C34H66N3O13P/c1-24(2)19-31(4,5)28(39)46-20-26(49-29(40)32(6,7)23-33(8,9)35)21-48-51(42,43)47-18-16-37-30(41)50-34(10,11)14-17-45-25(3)13-15-36-27(38)22-44-12/h24-26H,13-23,35H2,1-12H3,(H,36,38)(H,37,41)(H,42,43). The van der Waals surface area contributed by atoms with Crippen LogP contribution in [0.4, 0.5) is 4.79 Å². The monoisotopic (exact) mass is 755 g/mol. The molecule has 0 radical (unpaired) electrons. The number of alkyl carbamates (subject to hydrolysis) is 1. The van der Waals surface area contributed by atoms with E-state index in [0.29, 0.717) is 32.4 Å². The zero-order valence-corrected chi connectivity index (χ0v) is 33.8. The quantitative estimate of drug-likeness (QED) is 0.0420. The number of carbonyl (C=O) groups excluding carboxylic acids is 4. The second kappa shape index (κ2) is 22.0. The van der Waals surface area contributed by atoms with Crippen LogP contribution in [-0.2, 0) is 51.7 Å². The number of rotatable bonds is 26. The van der Waals surface area contributed by atoms with Crippen molar-refractivity contribution in [1.82, 2.24) is 10.6 Å². The van der Waals surface area contributed by atoms with Gasteiger partial charge in [-0.2, -0.15) is 0 Å². The van der Waals surface area contributed by atoms with E-state index in [2.05, 4.69) is 10.6 Å². The number of methoxy groups -OCH3 is 1. The van der Waals surface area contributed by atoms with Gasteiger partial charge in [0.25, 0.3) is 0 Å². The van der Waals surface area contributed by atoms with E-state index in [1.807, 2.05) is 20.8 Å². The summed E-state index contributed by atoms with van der Waals surface area (Å²) in [5, 5.41) is 5.16. The topological polar surface area (TPSA) is 220 Å². The van der Waals surface area contributed by atoms with E-state index in [1.54, 1.807) is 55.4 Å². The van der Waals surface area contributed by atoms with E-state index in [0.717, 1.165) is 0 Å². The second-order valence-electron chi connectivity index (χ2n) is 15.8. The molecule has 51 heavy (non-hydrogen) atoms. The fraction of sp³-hybridized carbons (Fsp3) is 0.882. The molecule has 0 bridgehead atoms. The number of carbonyl (C=O) groups is 4. The number of nitrogens with one attached hydrogen (secondary N) is 2. The lowest BCUT2D eigenvalue weighted by Gasteiger charge is -2.32. The zero-order chi connectivity index (χ0) is 39.7. The van der Waals surface area contributed by atoms with Crippen molar-refractivity contribution in [2.24, 2.45) is 22.5 Å². The summed E-state index contributed by atoms with van der Waals surface area (Å²) in [5.41, 5.74) is 2.70. The van der Waals surface area contributed by atoms with Crippen molar-refractivity contribution >= 4 is 31.8 Å². The molecule has 0 rings (SSSR count). The van der Waals surface area contributed by atoms with Gasteiger partial charge < -0.3 is 44.9 Å². The first kappa shape index (κ1) is 48.7. The normalized spacial score (nSPS) is 15.0. The third-order valence-corrected chi connectivity index (χ3v) is 8.25. The second-order valence-corrected chi connectivity index (χ2v) is 17.3. The number of hydrogen-bond acceptors (Lipinski definition) is 13. The van der Waals surface area contributed by atoms with Gasteiger partial charge in [-0.25, -0.2) is 9.36 Å². The number of hydrogen-bond donors (Lipinski definition) is 4. The molecule has 0 spiro atoms. The fourth-order valence-corrected chi connectivity index (χ4v) is 5.91. The molecular weight excluding hydrogens is 689 g/mol. The van der Waals surface area contributed by atoms with Crippen molar-refractivity contribution in [3.63, 3.8) is 0 Å². The van der Waals surface area contributed by atoms with Crippen LogP contribution in [0, 0.1) is 16.7 Å². The summed E-state index contributed by atoms with van der Waals surface area (Å²) in [6, 6.07) is 0. The molecular formula is C34H66N3O13P. The lowest BCUT2D eigenvalue weighted by atomic mass is 9.80. The van der Waals surface area contributed by atoms with Crippen molar-refractivity contribution < 1.29 is 61.4 Å². The molecule has 0 aliphatic rings. The maximum Gasteiger partial charge on any atom is 0.472 e. The molecule has 5 N–H and O–H groups in total. The Morgan fingerprint density at radius 3 is 2.04 bits per heavy atom. The smallest absolute Gasteiger partial charge is 0.461 e. The van der Waals surface area contributed by atoms with E-state index >= 15 is 0 Å². The van der Waals surface area contributed by atoms with Crippen molar-refractivity contribution in [3.05, 3.63) is 0 Å². The lowest BCUT2D eigenvalue weighted by Crippen LogP contribution is -2.43. The molecule has 0 fully saturated rings. The molecule has 300 valence electrons. The molecule has 0 heterocycles. The van der Waals surface area contributed by atoms with Crippen LogP contribution in [0.2, 0.25) is 0 Å². The van der Waals surface area contributed by atoms with Crippen LogP contribution in [-0.4, -0.2) is 105 Å². The van der Waals surface area contributed by atoms with Crippen LogP contribution < -0.4 is 16.4 Å². The van der Waals surface area contributed by atoms with E-state index in [9.17, 15) is 28.6 Å². The van der Waals surface area contributed by atoms with Gasteiger partial charge in [0.2, 0.25) is 5.91 Å². The van der Waals surface area contributed by atoms with Gasteiger partial charge in [-0.1, -0.05) is 13.8 Å². The van der Waals surface area contributed by atoms with Crippen LogP contribution in [0.5, 0.6) is 0 Å². The van der Waals surface area contributed by atoms with Crippen LogP contribution >= 0.6 is 7.82 Å². The average molecular weight is 756 g/mol. The Morgan fingerprint density at radius 1 is 0.843 bits per heavy atom. The number of amides is 2. The maximum absolute atomic E-state index is 13.1. The molecule has 0 saturated heterocycles. The number of esters is 2. The first-order valence-corrected chi connectivity index (χ1v) is 18.8. The van der Waals surface area contributed by atoms with Crippen LogP contribution in [0.15, 0.2) is 0 Å². The molecule has 0 aromatic rings. The fourth-order valence-electron chi connectivity index (χ4n) is 5.16. The maximum atomic E-state index is 13.1. The molecule has 16 nitrogen and oxygen atoms in total. The minimum absolute atomic E-state index is 0.00738. The first-order valence-electron chi connectivity index (χ1n) is 17.3. The Hall–Kier alpha value is -2.33. The van der Waals surface area contributed by atoms with Crippen LogP contribution in [0.3, 0.4) is 0 Å². The zero-order valence-electron chi connectivity index (χ0n) is 32.9. The molecule has 0 aromatic heterocycles. The van der Waals surface area contributed by atoms with Crippen LogP contribution in [0.25, 0.3) is 0 Å². The largest absolute Gasteiger partial charge is 0.472 e. The minimum atomic E-state index is -4.70. The van der Waals surface area contributed by atoms with Gasteiger partial charge in [0.05, 0.1) is 36.8 Å². The van der Waals surface area contributed by atoms with Gasteiger partial charge in [-0.15, -0.1) is 0 Å². The summed E-state index contributed by atoms with van der Waals surface area (Å²) in [6.07, 6.45) is -0.343. The number of ether oxygens (including phenoxy) is 5. The summed E-state index contributed by atoms with van der Waals surface area (Å²) in [7, 11) is -3.25. The molecule has 0 aliphatic carbocycles. The summed E-state index contributed by atoms with van der Waals surface area (Å²) < 4.78 is 49.7. The molecule has 3 unspecified atom stereocenters. The Balaban J connectivity index is 4.97. The Bertz CT molecular complexity index is 1140. The third kappa shape index (κ3) is 23.8. The van der Waals surface area contributed by atoms with E-state index in [1.165, 1.54) is 7.11 Å². The molecule has 2 amide bonds. The summed E-state index contributed by atoms with van der Waals surface area (Å²) >= 11 is 0. The van der Waals surface area contributed by atoms with Crippen LogP contribution in [0.1, 0.15) is 102 Å². The van der Waals surface area contributed by atoms with Gasteiger partial charge in [-0.05, 0) is 87.5 Å². The Kier molecular flexibility index (Phi) is 21.0. The summed E-state index contributed by atoms with van der Waals surface area (Å²) in [4.78, 5) is 60.0. The predicted molar refractivity (Wildman–Crippen MR) is 191 cm³/mol. The van der Waals surface area contributed by atoms with Crippen molar-refractivity contribution in [3.8, 4) is 0 Å². The summed E-state index contributed by atoms with van der Waals surface area (Å²) in [5.74, 6) is -1.16. The van der Waals surface area contributed by atoms with Crippen molar-refractivity contribution in [1.29, 1.82) is 0 Å². The highest BCUT2D eigenvalue weighted by molar-refractivity contribution is 7.47. The molecule has 3 atom stereocenters. The number of phosphoric acid groups is 1. The average Bonchev–Trinajstić information content (AvgIpc) is 2.94. The number of phosphoric ester groups is 1. The van der Waals surface area contributed by atoms with Crippen molar-refractivity contribution in [2.75, 3.05) is 53.2 Å². The Labute approximate surface area is 304 Å².